The van der Waals surface area contributed by atoms with Gasteiger partial charge in [-0.15, -0.1) is 5.73 Å². The SMILES string of the molecule is C=C=CN(C(=O)C(C)(C)C)c1ccccc1. The standard InChI is InChI=1S/C14H17NO/c1-5-11-15(13(16)14(2,3)4)12-9-7-6-8-10-12/h6-11H,1H2,2-4H3. The van der Waals surface area contributed by atoms with E-state index < -0.39 is 5.41 Å². The van der Waals surface area contributed by atoms with Crippen LogP contribution in [0.1, 0.15) is 20.8 Å². The van der Waals surface area contributed by atoms with Crippen molar-refractivity contribution in [1.29, 1.82) is 0 Å². The number of nitrogens with zero attached hydrogens (tertiary/aromatic N) is 1. The van der Waals surface area contributed by atoms with E-state index in [-0.39, 0.29) is 5.91 Å². The van der Waals surface area contributed by atoms with Crippen LogP contribution in [0.25, 0.3) is 0 Å². The topological polar surface area (TPSA) is 20.3 Å². The first-order valence-electron chi connectivity index (χ1n) is 5.21. The van der Waals surface area contributed by atoms with Gasteiger partial charge in [0.1, 0.15) is 0 Å². The van der Waals surface area contributed by atoms with Crippen molar-refractivity contribution in [2.24, 2.45) is 5.41 Å². The number of carbonyl (C=O) groups excluding carboxylic acids is 1. The number of rotatable bonds is 2. The molecule has 0 aromatic heterocycles. The Kier molecular flexibility index (Phi) is 3.70. The van der Waals surface area contributed by atoms with Crippen molar-refractivity contribution in [1.82, 2.24) is 0 Å². The van der Waals surface area contributed by atoms with Crippen LogP contribution in [0, 0.1) is 5.41 Å². The fourth-order valence-corrected chi connectivity index (χ4v) is 1.29. The van der Waals surface area contributed by atoms with E-state index in [4.69, 9.17) is 0 Å². The Hall–Kier alpha value is -1.79. The summed E-state index contributed by atoms with van der Waals surface area (Å²) in [4.78, 5) is 13.8. The van der Waals surface area contributed by atoms with Gasteiger partial charge in [0, 0.05) is 11.1 Å². The van der Waals surface area contributed by atoms with Crippen molar-refractivity contribution < 1.29 is 4.79 Å². The van der Waals surface area contributed by atoms with Crippen LogP contribution in [-0.4, -0.2) is 5.91 Å². The number of hydrogen-bond donors (Lipinski definition) is 0. The fraction of sp³-hybridized carbons (Fsp3) is 0.286. The smallest absolute Gasteiger partial charge is 0.236 e. The highest BCUT2D eigenvalue weighted by atomic mass is 16.2. The van der Waals surface area contributed by atoms with Crippen molar-refractivity contribution in [3.05, 3.63) is 48.8 Å². The van der Waals surface area contributed by atoms with Crippen LogP contribution in [0.5, 0.6) is 0 Å². The molecule has 0 aliphatic rings. The molecule has 0 spiro atoms. The molecule has 0 radical (unpaired) electrons. The summed E-state index contributed by atoms with van der Waals surface area (Å²) in [6.45, 7) is 9.19. The van der Waals surface area contributed by atoms with Crippen LogP contribution in [0.2, 0.25) is 0 Å². The van der Waals surface area contributed by atoms with E-state index in [0.717, 1.165) is 5.69 Å². The van der Waals surface area contributed by atoms with Crippen LogP contribution in [-0.2, 0) is 4.79 Å². The molecule has 0 aliphatic carbocycles. The van der Waals surface area contributed by atoms with Crippen LogP contribution < -0.4 is 4.90 Å². The van der Waals surface area contributed by atoms with Gasteiger partial charge in [0.2, 0.25) is 5.91 Å². The summed E-state index contributed by atoms with van der Waals surface area (Å²) in [5.41, 5.74) is 3.05. The zero-order valence-electron chi connectivity index (χ0n) is 10.0. The molecular weight excluding hydrogens is 198 g/mol. The summed E-state index contributed by atoms with van der Waals surface area (Å²) >= 11 is 0. The van der Waals surface area contributed by atoms with E-state index in [1.165, 1.54) is 0 Å². The monoisotopic (exact) mass is 215 g/mol. The summed E-state index contributed by atoms with van der Waals surface area (Å²) in [6.07, 6.45) is 1.57. The lowest BCUT2D eigenvalue weighted by Gasteiger charge is -2.26. The molecule has 1 aromatic carbocycles. The summed E-state index contributed by atoms with van der Waals surface area (Å²) in [6, 6.07) is 9.49. The van der Waals surface area contributed by atoms with E-state index in [9.17, 15) is 4.79 Å². The van der Waals surface area contributed by atoms with Gasteiger partial charge in [-0.2, -0.15) is 0 Å². The van der Waals surface area contributed by atoms with Gasteiger partial charge in [-0.1, -0.05) is 45.5 Å². The molecule has 1 rings (SSSR count). The summed E-state index contributed by atoms with van der Waals surface area (Å²) in [7, 11) is 0. The average Bonchev–Trinajstić information content (AvgIpc) is 2.25. The Labute approximate surface area is 96.9 Å². The highest BCUT2D eigenvalue weighted by Crippen LogP contribution is 2.23. The molecule has 1 amide bonds. The molecule has 0 unspecified atom stereocenters. The molecule has 0 heterocycles. The zero-order valence-corrected chi connectivity index (χ0v) is 10.0. The largest absolute Gasteiger partial charge is 0.280 e. The number of para-hydroxylation sites is 1. The minimum absolute atomic E-state index is 0.0230. The van der Waals surface area contributed by atoms with Crippen LogP contribution in [0.15, 0.2) is 48.8 Å². The van der Waals surface area contributed by atoms with E-state index in [1.54, 1.807) is 11.1 Å². The van der Waals surface area contributed by atoms with Gasteiger partial charge < -0.3 is 0 Å². The van der Waals surface area contributed by atoms with Crippen LogP contribution >= 0.6 is 0 Å². The van der Waals surface area contributed by atoms with Gasteiger partial charge in [-0.3, -0.25) is 9.69 Å². The molecule has 0 saturated carbocycles. The van der Waals surface area contributed by atoms with Crippen molar-refractivity contribution in [2.75, 3.05) is 4.90 Å². The highest BCUT2D eigenvalue weighted by Gasteiger charge is 2.26. The van der Waals surface area contributed by atoms with Gasteiger partial charge in [0.05, 0.1) is 6.20 Å². The van der Waals surface area contributed by atoms with Crippen molar-refractivity contribution in [3.8, 4) is 0 Å². The minimum Gasteiger partial charge on any atom is -0.280 e. The molecule has 2 heteroatoms. The maximum atomic E-state index is 12.2. The van der Waals surface area contributed by atoms with E-state index >= 15 is 0 Å². The minimum atomic E-state index is -0.427. The van der Waals surface area contributed by atoms with E-state index in [2.05, 4.69) is 12.3 Å². The number of amides is 1. The van der Waals surface area contributed by atoms with Crippen molar-refractivity contribution in [2.45, 2.75) is 20.8 Å². The summed E-state index contributed by atoms with van der Waals surface area (Å²) < 4.78 is 0. The second kappa shape index (κ2) is 4.82. The number of benzene rings is 1. The third kappa shape index (κ3) is 2.85. The third-order valence-electron chi connectivity index (χ3n) is 2.12. The molecule has 84 valence electrons. The number of hydrogen-bond acceptors (Lipinski definition) is 1. The van der Waals surface area contributed by atoms with Gasteiger partial charge in [-0.25, -0.2) is 0 Å². The number of carbonyl (C=O) groups is 1. The summed E-state index contributed by atoms with van der Waals surface area (Å²) in [5.74, 6) is 0.0230. The van der Waals surface area contributed by atoms with Gasteiger partial charge >= 0.3 is 0 Å². The highest BCUT2D eigenvalue weighted by molar-refractivity contribution is 5.98. The Morgan fingerprint density at radius 1 is 1.31 bits per heavy atom. The first-order valence-corrected chi connectivity index (χ1v) is 5.21. The number of anilines is 1. The van der Waals surface area contributed by atoms with Crippen LogP contribution in [0.3, 0.4) is 0 Å². The Balaban J connectivity index is 3.11. The van der Waals surface area contributed by atoms with Crippen molar-refractivity contribution in [3.63, 3.8) is 0 Å². The first kappa shape index (κ1) is 12.3. The quantitative estimate of drug-likeness (QED) is 0.693. The normalized spacial score (nSPS) is 10.4. The first-order chi connectivity index (χ1) is 7.46. The van der Waals surface area contributed by atoms with Crippen molar-refractivity contribution >= 4 is 11.6 Å². The maximum Gasteiger partial charge on any atom is 0.236 e. The van der Waals surface area contributed by atoms with E-state index in [1.807, 2.05) is 51.1 Å². The molecule has 0 bridgehead atoms. The second-order valence-corrected chi connectivity index (χ2v) is 4.59. The summed E-state index contributed by atoms with van der Waals surface area (Å²) in [5, 5.41) is 0. The molecule has 0 atom stereocenters. The molecule has 16 heavy (non-hydrogen) atoms. The average molecular weight is 215 g/mol. The zero-order chi connectivity index (χ0) is 12.2. The fourth-order valence-electron chi connectivity index (χ4n) is 1.29. The molecule has 0 aliphatic heterocycles. The Morgan fingerprint density at radius 2 is 1.88 bits per heavy atom. The molecule has 0 fully saturated rings. The predicted octanol–water partition coefficient (Wildman–Crippen LogP) is 3.36. The molecule has 2 nitrogen and oxygen atoms in total. The van der Waals surface area contributed by atoms with E-state index in [0.29, 0.717) is 0 Å². The molecular formula is C14H17NO. The van der Waals surface area contributed by atoms with Crippen LogP contribution in [0.4, 0.5) is 5.69 Å². The second-order valence-electron chi connectivity index (χ2n) is 4.59. The molecule has 0 N–H and O–H groups in total. The lowest BCUT2D eigenvalue weighted by molar-refractivity contribution is -0.125. The lowest BCUT2D eigenvalue weighted by Crippen LogP contribution is -2.35. The third-order valence-corrected chi connectivity index (χ3v) is 2.12. The van der Waals surface area contributed by atoms with Gasteiger partial charge in [0.15, 0.2) is 0 Å². The Bertz CT molecular complexity index is 408. The van der Waals surface area contributed by atoms with Gasteiger partial charge in [-0.05, 0) is 12.1 Å². The predicted molar refractivity (Wildman–Crippen MR) is 67.1 cm³/mol. The molecule has 1 aromatic rings. The molecule has 0 saturated heterocycles. The maximum absolute atomic E-state index is 12.2. The lowest BCUT2D eigenvalue weighted by atomic mass is 9.94. The van der Waals surface area contributed by atoms with Gasteiger partial charge in [0.25, 0.3) is 0 Å². The Morgan fingerprint density at radius 3 is 2.31 bits per heavy atom.